The van der Waals surface area contributed by atoms with Gasteiger partial charge in [0.25, 0.3) is 0 Å². The fourth-order valence-electron chi connectivity index (χ4n) is 9.45. The molecule has 1 aliphatic carbocycles. The molecular weight excluding hydrogens is 637 g/mol. The fourth-order valence-corrected chi connectivity index (χ4v) is 9.45. The first kappa shape index (κ1) is 30.2. The molecule has 0 heterocycles. The molecule has 1 aliphatic rings. The number of hydrogen-bond donors (Lipinski definition) is 0. The average molecular weight is 673 g/mol. The van der Waals surface area contributed by atoms with Crippen molar-refractivity contribution in [2.45, 2.75) is 19.3 Å². The van der Waals surface area contributed by atoms with Crippen LogP contribution >= 0.6 is 0 Å². The third kappa shape index (κ3) is 4.42. The Morgan fingerprint density at radius 1 is 0.283 bits per heavy atom. The summed E-state index contributed by atoms with van der Waals surface area (Å²) >= 11 is 0. The third-order valence-electron chi connectivity index (χ3n) is 12.0. The molecule has 248 valence electrons. The standard InChI is InChI=1S/C53H36/c1-53(2)49-28-27-38(31-47(49)48-29-35-13-3-4-14-36(35)32-50(48)53)52-44-21-11-9-19-42(44)51(43-20-10-12-22-45(43)52)34-25-23-33(24-26-34)46-30-37-15-5-6-16-39(37)40-17-7-8-18-41(40)46/h3-32H,1-2H3. The second-order valence-corrected chi connectivity index (χ2v) is 15.2. The first-order valence-corrected chi connectivity index (χ1v) is 18.7. The van der Waals surface area contributed by atoms with Crippen molar-refractivity contribution < 1.29 is 0 Å². The molecule has 0 heteroatoms. The summed E-state index contributed by atoms with van der Waals surface area (Å²) in [5, 5.41) is 12.9. The van der Waals surface area contributed by atoms with E-state index in [0.717, 1.165) is 0 Å². The Morgan fingerprint density at radius 3 is 1.36 bits per heavy atom. The van der Waals surface area contributed by atoms with Crippen molar-refractivity contribution >= 4 is 53.9 Å². The highest BCUT2D eigenvalue weighted by atomic mass is 14.4. The van der Waals surface area contributed by atoms with E-state index in [9.17, 15) is 0 Å². The summed E-state index contributed by atoms with van der Waals surface area (Å²) in [4.78, 5) is 0. The summed E-state index contributed by atoms with van der Waals surface area (Å²) in [6.45, 7) is 4.75. The molecule has 0 atom stereocenters. The minimum Gasteiger partial charge on any atom is -0.0616 e. The van der Waals surface area contributed by atoms with Gasteiger partial charge in [0.05, 0.1) is 0 Å². The van der Waals surface area contributed by atoms with E-state index in [4.69, 9.17) is 0 Å². The lowest BCUT2D eigenvalue weighted by Crippen LogP contribution is -2.14. The molecule has 0 saturated heterocycles. The van der Waals surface area contributed by atoms with Gasteiger partial charge in [-0.2, -0.15) is 0 Å². The van der Waals surface area contributed by atoms with E-state index < -0.39 is 0 Å². The predicted octanol–water partition coefficient (Wildman–Crippen LogP) is 14.8. The second kappa shape index (κ2) is 11.2. The molecule has 0 nitrogen and oxygen atoms in total. The smallest absolute Gasteiger partial charge is 0.0159 e. The van der Waals surface area contributed by atoms with Crippen molar-refractivity contribution in [1.82, 2.24) is 0 Å². The molecule has 0 fully saturated rings. The van der Waals surface area contributed by atoms with E-state index >= 15 is 0 Å². The molecule has 0 aromatic heterocycles. The molecule has 0 radical (unpaired) electrons. The average Bonchev–Trinajstić information content (AvgIpc) is 3.43. The highest BCUT2D eigenvalue weighted by Crippen LogP contribution is 2.52. The topological polar surface area (TPSA) is 0 Å². The van der Waals surface area contributed by atoms with E-state index in [1.807, 2.05) is 0 Å². The van der Waals surface area contributed by atoms with E-state index in [1.54, 1.807) is 0 Å². The van der Waals surface area contributed by atoms with Gasteiger partial charge in [-0.25, -0.2) is 0 Å². The molecule has 10 aromatic rings. The van der Waals surface area contributed by atoms with Gasteiger partial charge in [0.2, 0.25) is 0 Å². The third-order valence-corrected chi connectivity index (χ3v) is 12.0. The monoisotopic (exact) mass is 672 g/mol. The van der Waals surface area contributed by atoms with Crippen molar-refractivity contribution in [2.24, 2.45) is 0 Å². The van der Waals surface area contributed by atoms with Gasteiger partial charge in [-0.1, -0.05) is 172 Å². The molecule has 10 aromatic carbocycles. The molecule has 0 aliphatic heterocycles. The van der Waals surface area contributed by atoms with Crippen LogP contribution in [-0.2, 0) is 5.41 Å². The maximum absolute atomic E-state index is 2.47. The summed E-state index contributed by atoms with van der Waals surface area (Å²) in [5.74, 6) is 0. The Kier molecular flexibility index (Phi) is 6.40. The van der Waals surface area contributed by atoms with Crippen LogP contribution in [0.15, 0.2) is 182 Å². The second-order valence-electron chi connectivity index (χ2n) is 15.2. The first-order chi connectivity index (χ1) is 26.0. The van der Waals surface area contributed by atoms with Gasteiger partial charge < -0.3 is 0 Å². The molecule has 0 N–H and O–H groups in total. The summed E-state index contributed by atoms with van der Waals surface area (Å²) < 4.78 is 0. The van der Waals surface area contributed by atoms with Crippen LogP contribution in [-0.4, -0.2) is 0 Å². The van der Waals surface area contributed by atoms with Gasteiger partial charge in [0.15, 0.2) is 0 Å². The zero-order valence-corrected chi connectivity index (χ0v) is 29.8. The Labute approximate surface area is 309 Å². The lowest BCUT2D eigenvalue weighted by Gasteiger charge is -2.22. The Hall–Kier alpha value is -6.50. The molecule has 0 bridgehead atoms. The summed E-state index contributed by atoms with van der Waals surface area (Å²) in [7, 11) is 0. The van der Waals surface area contributed by atoms with Crippen LogP contribution in [0.4, 0.5) is 0 Å². The van der Waals surface area contributed by atoms with Crippen molar-refractivity contribution in [3.63, 3.8) is 0 Å². The first-order valence-electron chi connectivity index (χ1n) is 18.7. The summed E-state index contributed by atoms with van der Waals surface area (Å²) in [6, 6.07) is 68.0. The highest BCUT2D eigenvalue weighted by molar-refractivity contribution is 6.22. The van der Waals surface area contributed by atoms with Crippen LogP contribution < -0.4 is 0 Å². The lowest BCUT2D eigenvalue weighted by molar-refractivity contribution is 0.661. The summed E-state index contributed by atoms with van der Waals surface area (Å²) in [5.41, 5.74) is 13.0. The number of fused-ring (bicyclic) bond motifs is 9. The van der Waals surface area contributed by atoms with Crippen LogP contribution in [0.1, 0.15) is 25.0 Å². The molecule has 0 spiro atoms. The molecule has 0 saturated carbocycles. The minimum atomic E-state index is -0.0630. The predicted molar refractivity (Wildman–Crippen MR) is 228 cm³/mol. The van der Waals surface area contributed by atoms with Crippen LogP contribution in [0.3, 0.4) is 0 Å². The van der Waals surface area contributed by atoms with Gasteiger partial charge in [0, 0.05) is 5.41 Å². The zero-order valence-electron chi connectivity index (χ0n) is 29.8. The normalized spacial score (nSPS) is 13.2. The zero-order chi connectivity index (χ0) is 35.3. The molecule has 0 amide bonds. The maximum atomic E-state index is 2.47. The number of hydrogen-bond acceptors (Lipinski definition) is 0. The van der Waals surface area contributed by atoms with Gasteiger partial charge >= 0.3 is 0 Å². The van der Waals surface area contributed by atoms with Crippen LogP contribution in [0, 0.1) is 0 Å². The van der Waals surface area contributed by atoms with Gasteiger partial charge in [0.1, 0.15) is 0 Å². The van der Waals surface area contributed by atoms with E-state index in [-0.39, 0.29) is 5.41 Å². The van der Waals surface area contributed by atoms with Crippen molar-refractivity contribution in [2.75, 3.05) is 0 Å². The maximum Gasteiger partial charge on any atom is 0.0159 e. The van der Waals surface area contributed by atoms with E-state index in [0.29, 0.717) is 0 Å². The Bertz CT molecular complexity index is 3060. The fraction of sp³-hybridized carbons (Fsp3) is 0.0566. The van der Waals surface area contributed by atoms with E-state index in [1.165, 1.54) is 109 Å². The minimum absolute atomic E-state index is 0.0630. The molecule has 11 rings (SSSR count). The SMILES string of the molecule is CC1(C)c2ccc(-c3c4ccccc4c(-c4ccc(-c5cc6ccccc6c6ccccc56)cc4)c4ccccc34)cc2-c2cc3ccccc3cc21. The van der Waals surface area contributed by atoms with Crippen molar-refractivity contribution in [3.8, 4) is 44.5 Å². The number of rotatable bonds is 3. The molecule has 53 heavy (non-hydrogen) atoms. The van der Waals surface area contributed by atoms with Crippen LogP contribution in [0.2, 0.25) is 0 Å². The van der Waals surface area contributed by atoms with Gasteiger partial charge in [-0.05, 0) is 134 Å². The van der Waals surface area contributed by atoms with Gasteiger partial charge in [-0.15, -0.1) is 0 Å². The lowest BCUT2D eigenvalue weighted by atomic mass is 9.81. The van der Waals surface area contributed by atoms with Gasteiger partial charge in [-0.3, -0.25) is 0 Å². The van der Waals surface area contributed by atoms with E-state index in [2.05, 4.69) is 196 Å². The number of benzene rings is 10. The van der Waals surface area contributed by atoms with Crippen LogP contribution in [0.5, 0.6) is 0 Å². The molecule has 0 unspecified atom stereocenters. The van der Waals surface area contributed by atoms with Crippen molar-refractivity contribution in [1.29, 1.82) is 0 Å². The Balaban J connectivity index is 1.10. The highest BCUT2D eigenvalue weighted by Gasteiger charge is 2.36. The van der Waals surface area contributed by atoms with Crippen molar-refractivity contribution in [3.05, 3.63) is 193 Å². The quantitative estimate of drug-likeness (QED) is 0.129. The van der Waals surface area contributed by atoms with Crippen LogP contribution in [0.25, 0.3) is 98.4 Å². The summed E-state index contributed by atoms with van der Waals surface area (Å²) in [6.07, 6.45) is 0. The largest absolute Gasteiger partial charge is 0.0616 e. The molecular formula is C53H36. The Morgan fingerprint density at radius 2 is 0.717 bits per heavy atom.